The van der Waals surface area contributed by atoms with Crippen LogP contribution in [0.25, 0.3) is 0 Å². The molecule has 1 aromatic rings. The number of guanidine groups is 1. The number of hydrogen-bond donors (Lipinski definition) is 2. The fourth-order valence-electron chi connectivity index (χ4n) is 3.55. The average Bonchev–Trinajstić information content (AvgIpc) is 3.04. The Morgan fingerprint density at radius 3 is 2.88 bits per heavy atom. The molecule has 0 saturated heterocycles. The molecule has 1 aliphatic heterocycles. The van der Waals surface area contributed by atoms with E-state index in [4.69, 9.17) is 4.74 Å². The molecule has 7 heteroatoms. The predicted molar refractivity (Wildman–Crippen MR) is 105 cm³/mol. The molecular weight excluding hydrogens is 328 g/mol. The van der Waals surface area contributed by atoms with Crippen molar-refractivity contribution in [1.29, 1.82) is 0 Å². The standard InChI is InChI=1S/C19H36N6O/c1-5-7-9-15(8-6-2)12-21-19(20-3)22-16-10-11-18-23-17(14-26-4)24-25(18)13-16/h15-16H,5-14H2,1-4H3,(H2,20,21,22). The highest BCUT2D eigenvalue weighted by Gasteiger charge is 2.22. The minimum absolute atomic E-state index is 0.325. The second-order valence-electron chi connectivity index (χ2n) is 7.19. The van der Waals surface area contributed by atoms with Crippen molar-refractivity contribution in [3.8, 4) is 0 Å². The van der Waals surface area contributed by atoms with E-state index in [-0.39, 0.29) is 0 Å². The van der Waals surface area contributed by atoms with Crippen LogP contribution in [0.1, 0.15) is 64.0 Å². The van der Waals surface area contributed by atoms with Gasteiger partial charge in [0.1, 0.15) is 12.4 Å². The number of methoxy groups -OCH3 is 1. The van der Waals surface area contributed by atoms with E-state index >= 15 is 0 Å². The van der Waals surface area contributed by atoms with Crippen LogP contribution in [-0.2, 0) is 24.3 Å². The van der Waals surface area contributed by atoms with E-state index < -0.39 is 0 Å². The van der Waals surface area contributed by atoms with Crippen molar-refractivity contribution in [2.45, 2.75) is 78.0 Å². The molecule has 0 fully saturated rings. The lowest BCUT2D eigenvalue weighted by Crippen LogP contribution is -2.48. The number of rotatable bonds is 10. The number of unbranched alkanes of at least 4 members (excludes halogenated alkanes) is 1. The van der Waals surface area contributed by atoms with Crippen molar-refractivity contribution >= 4 is 5.96 Å². The summed E-state index contributed by atoms with van der Waals surface area (Å²) < 4.78 is 7.14. The van der Waals surface area contributed by atoms with Crippen molar-refractivity contribution in [2.75, 3.05) is 20.7 Å². The van der Waals surface area contributed by atoms with Gasteiger partial charge in [-0.05, 0) is 25.2 Å². The van der Waals surface area contributed by atoms with Crippen LogP contribution in [-0.4, -0.2) is 47.5 Å². The molecule has 0 aliphatic carbocycles. The van der Waals surface area contributed by atoms with E-state index in [2.05, 4.69) is 39.6 Å². The lowest BCUT2D eigenvalue weighted by molar-refractivity contribution is 0.177. The molecule has 2 heterocycles. The molecule has 2 unspecified atom stereocenters. The summed E-state index contributed by atoms with van der Waals surface area (Å²) in [7, 11) is 3.52. The number of nitrogens with zero attached hydrogens (tertiary/aromatic N) is 4. The van der Waals surface area contributed by atoms with Crippen molar-refractivity contribution in [1.82, 2.24) is 25.4 Å². The maximum Gasteiger partial charge on any atom is 0.191 e. The summed E-state index contributed by atoms with van der Waals surface area (Å²) in [5.74, 6) is 3.45. The number of fused-ring (bicyclic) bond motifs is 1. The Kier molecular flexibility index (Phi) is 8.88. The van der Waals surface area contributed by atoms with E-state index in [0.717, 1.165) is 49.5 Å². The first kappa shape index (κ1) is 20.7. The molecule has 0 saturated carbocycles. The van der Waals surface area contributed by atoms with E-state index in [1.54, 1.807) is 7.11 Å². The van der Waals surface area contributed by atoms with Gasteiger partial charge in [0, 0.05) is 33.2 Å². The quantitative estimate of drug-likeness (QED) is 0.493. The highest BCUT2D eigenvalue weighted by atomic mass is 16.5. The Hall–Kier alpha value is -1.63. The fourth-order valence-corrected chi connectivity index (χ4v) is 3.55. The van der Waals surface area contributed by atoms with Crippen LogP contribution in [0, 0.1) is 5.92 Å². The molecule has 2 rings (SSSR count). The Morgan fingerprint density at radius 1 is 1.35 bits per heavy atom. The van der Waals surface area contributed by atoms with E-state index in [9.17, 15) is 0 Å². The van der Waals surface area contributed by atoms with Crippen molar-refractivity contribution in [3.05, 3.63) is 11.6 Å². The predicted octanol–water partition coefficient (Wildman–Crippen LogP) is 2.51. The summed E-state index contributed by atoms with van der Waals surface area (Å²) >= 11 is 0. The zero-order chi connectivity index (χ0) is 18.8. The summed E-state index contributed by atoms with van der Waals surface area (Å²) in [6.45, 7) is 6.81. The molecule has 0 spiro atoms. The molecule has 26 heavy (non-hydrogen) atoms. The van der Waals surface area contributed by atoms with Gasteiger partial charge in [0.05, 0.1) is 6.54 Å². The van der Waals surface area contributed by atoms with Crippen molar-refractivity contribution in [3.63, 3.8) is 0 Å². The first-order valence-corrected chi connectivity index (χ1v) is 10.1. The smallest absolute Gasteiger partial charge is 0.191 e. The van der Waals surface area contributed by atoms with Crippen LogP contribution in [0.4, 0.5) is 0 Å². The Labute approximate surface area is 158 Å². The zero-order valence-electron chi connectivity index (χ0n) is 16.9. The second kappa shape index (κ2) is 11.2. The molecule has 0 amide bonds. The first-order chi connectivity index (χ1) is 12.7. The largest absolute Gasteiger partial charge is 0.377 e. The lowest BCUT2D eigenvalue weighted by atomic mass is 9.97. The third-order valence-electron chi connectivity index (χ3n) is 4.96. The topological polar surface area (TPSA) is 76.4 Å². The monoisotopic (exact) mass is 364 g/mol. The number of aromatic nitrogens is 3. The summed E-state index contributed by atoms with van der Waals surface area (Å²) in [5, 5.41) is 11.6. The summed E-state index contributed by atoms with van der Waals surface area (Å²) in [5.41, 5.74) is 0. The number of aliphatic imine (C=N–C) groups is 1. The van der Waals surface area contributed by atoms with Crippen molar-refractivity contribution < 1.29 is 4.74 Å². The Balaban J connectivity index is 1.83. The van der Waals surface area contributed by atoms with Crippen LogP contribution in [0.15, 0.2) is 4.99 Å². The van der Waals surface area contributed by atoms with Crippen LogP contribution in [0.3, 0.4) is 0 Å². The molecule has 0 bridgehead atoms. The third kappa shape index (κ3) is 6.27. The van der Waals surface area contributed by atoms with Gasteiger partial charge in [0.15, 0.2) is 11.8 Å². The van der Waals surface area contributed by atoms with Gasteiger partial charge in [0.25, 0.3) is 0 Å². The Bertz CT molecular complexity index is 556. The highest BCUT2D eigenvalue weighted by molar-refractivity contribution is 5.79. The SMILES string of the molecule is CCCCC(CCC)CNC(=NC)NC1CCc2nc(COC)nn2C1. The van der Waals surface area contributed by atoms with Gasteiger partial charge < -0.3 is 15.4 Å². The van der Waals surface area contributed by atoms with E-state index in [1.165, 1.54) is 32.1 Å². The highest BCUT2D eigenvalue weighted by Crippen LogP contribution is 2.15. The number of ether oxygens (including phenoxy) is 1. The molecular formula is C19H36N6O. The van der Waals surface area contributed by atoms with Crippen LogP contribution >= 0.6 is 0 Å². The second-order valence-corrected chi connectivity index (χ2v) is 7.19. The van der Waals surface area contributed by atoms with Gasteiger partial charge in [-0.2, -0.15) is 5.10 Å². The first-order valence-electron chi connectivity index (χ1n) is 10.1. The van der Waals surface area contributed by atoms with E-state index in [0.29, 0.717) is 12.6 Å². The normalized spacial score (nSPS) is 18.5. The molecule has 148 valence electrons. The van der Waals surface area contributed by atoms with Gasteiger partial charge in [-0.3, -0.25) is 4.99 Å². The number of nitrogens with one attached hydrogen (secondary N) is 2. The van der Waals surface area contributed by atoms with Crippen LogP contribution in [0.2, 0.25) is 0 Å². The fraction of sp³-hybridized carbons (Fsp3) is 0.842. The zero-order valence-corrected chi connectivity index (χ0v) is 16.9. The van der Waals surface area contributed by atoms with E-state index in [1.807, 2.05) is 11.7 Å². The molecule has 2 N–H and O–H groups in total. The van der Waals surface area contributed by atoms with Gasteiger partial charge in [0.2, 0.25) is 0 Å². The molecule has 2 atom stereocenters. The van der Waals surface area contributed by atoms with Crippen LogP contribution in [0.5, 0.6) is 0 Å². The van der Waals surface area contributed by atoms with Gasteiger partial charge in [-0.15, -0.1) is 0 Å². The molecule has 7 nitrogen and oxygen atoms in total. The third-order valence-corrected chi connectivity index (χ3v) is 4.96. The summed E-state index contributed by atoms with van der Waals surface area (Å²) in [4.78, 5) is 8.95. The maximum absolute atomic E-state index is 5.13. The minimum Gasteiger partial charge on any atom is -0.377 e. The number of hydrogen-bond acceptors (Lipinski definition) is 4. The number of aryl methyl sites for hydroxylation is 1. The molecule has 0 aromatic carbocycles. The average molecular weight is 365 g/mol. The Morgan fingerprint density at radius 2 is 2.19 bits per heavy atom. The van der Waals surface area contributed by atoms with Crippen molar-refractivity contribution in [2.24, 2.45) is 10.9 Å². The van der Waals surface area contributed by atoms with Crippen LogP contribution < -0.4 is 10.6 Å². The molecule has 1 aromatic heterocycles. The van der Waals surface area contributed by atoms with Gasteiger partial charge in [-0.1, -0.05) is 33.1 Å². The minimum atomic E-state index is 0.325. The maximum atomic E-state index is 5.13. The van der Waals surface area contributed by atoms with Gasteiger partial charge >= 0.3 is 0 Å². The lowest BCUT2D eigenvalue weighted by Gasteiger charge is -2.26. The molecule has 0 radical (unpaired) electrons. The van der Waals surface area contributed by atoms with Gasteiger partial charge in [-0.25, -0.2) is 9.67 Å². The summed E-state index contributed by atoms with van der Waals surface area (Å²) in [6, 6.07) is 0.325. The summed E-state index contributed by atoms with van der Waals surface area (Å²) in [6.07, 6.45) is 8.35. The molecule has 1 aliphatic rings.